The van der Waals surface area contributed by atoms with Gasteiger partial charge in [0.25, 0.3) is 5.91 Å². The molecule has 1 heterocycles. The molecule has 1 N–H and O–H groups in total. The smallest absolute Gasteiger partial charge is 0.254 e. The van der Waals surface area contributed by atoms with Crippen LogP contribution in [0.4, 0.5) is 0 Å². The van der Waals surface area contributed by atoms with E-state index in [2.05, 4.69) is 0 Å². The highest BCUT2D eigenvalue weighted by Crippen LogP contribution is 2.18. The number of carbonyl (C=O) groups excluding carboxylic acids is 1. The van der Waals surface area contributed by atoms with Crippen LogP contribution in [0.25, 0.3) is 0 Å². The van der Waals surface area contributed by atoms with Crippen LogP contribution in [-0.4, -0.2) is 23.0 Å². The number of nitrogens with zero attached hydrogens (tertiary/aromatic N) is 1. The molecule has 1 aromatic carbocycles. The Morgan fingerprint density at radius 1 is 1.39 bits per heavy atom. The van der Waals surface area contributed by atoms with Crippen molar-refractivity contribution >= 4 is 5.91 Å². The number of rotatable bonds is 3. The van der Waals surface area contributed by atoms with E-state index < -0.39 is 0 Å². The Morgan fingerprint density at radius 2 is 2.17 bits per heavy atom. The number of phenols is 1. The summed E-state index contributed by atoms with van der Waals surface area (Å²) in [6.45, 7) is 2.27. The Labute approximate surface area is 105 Å². The standard InChI is InChI=1S/C14H15NO3/c1-10-3-4-12(7-13(10)16)14(17)15(2)8-11-5-6-18-9-11/h3-7,9,16H,8H2,1-2H3. The van der Waals surface area contributed by atoms with Crippen molar-refractivity contribution in [2.24, 2.45) is 0 Å². The quantitative estimate of drug-likeness (QED) is 0.904. The van der Waals surface area contributed by atoms with Crippen molar-refractivity contribution in [3.63, 3.8) is 0 Å². The molecule has 2 rings (SSSR count). The molecule has 0 atom stereocenters. The van der Waals surface area contributed by atoms with Crippen molar-refractivity contribution in [3.8, 4) is 5.75 Å². The zero-order valence-corrected chi connectivity index (χ0v) is 10.4. The van der Waals surface area contributed by atoms with Gasteiger partial charge in [-0.2, -0.15) is 0 Å². The van der Waals surface area contributed by atoms with E-state index in [1.54, 1.807) is 43.5 Å². The maximum absolute atomic E-state index is 12.1. The average Bonchev–Trinajstić information content (AvgIpc) is 2.84. The second-order valence-electron chi connectivity index (χ2n) is 4.29. The highest BCUT2D eigenvalue weighted by atomic mass is 16.3. The first-order valence-corrected chi connectivity index (χ1v) is 5.64. The predicted octanol–water partition coefficient (Wildman–Crippen LogP) is 2.57. The Balaban J connectivity index is 2.12. The number of phenolic OH excluding ortho intramolecular Hbond substituents is 1. The molecule has 94 valence electrons. The lowest BCUT2D eigenvalue weighted by Crippen LogP contribution is -2.25. The first kappa shape index (κ1) is 12.2. The van der Waals surface area contributed by atoms with Gasteiger partial charge in [-0.3, -0.25) is 4.79 Å². The molecule has 4 heteroatoms. The molecule has 0 saturated heterocycles. The average molecular weight is 245 g/mol. The molecular formula is C14H15NO3. The zero-order valence-electron chi connectivity index (χ0n) is 10.4. The fourth-order valence-electron chi connectivity index (χ4n) is 1.69. The van der Waals surface area contributed by atoms with Gasteiger partial charge >= 0.3 is 0 Å². The molecule has 0 unspecified atom stereocenters. The summed E-state index contributed by atoms with van der Waals surface area (Å²) in [5.74, 6) is 0.00376. The zero-order chi connectivity index (χ0) is 13.1. The van der Waals surface area contributed by atoms with Crippen LogP contribution < -0.4 is 0 Å². The van der Waals surface area contributed by atoms with Gasteiger partial charge in [-0.25, -0.2) is 0 Å². The summed E-state index contributed by atoms with van der Waals surface area (Å²) in [7, 11) is 1.71. The highest BCUT2D eigenvalue weighted by molar-refractivity contribution is 5.94. The summed E-state index contributed by atoms with van der Waals surface area (Å²) in [5.41, 5.74) is 2.16. The normalized spacial score (nSPS) is 10.3. The molecule has 0 spiro atoms. The van der Waals surface area contributed by atoms with Crippen molar-refractivity contribution in [2.45, 2.75) is 13.5 Å². The fourth-order valence-corrected chi connectivity index (χ4v) is 1.69. The number of carbonyl (C=O) groups is 1. The minimum Gasteiger partial charge on any atom is -0.508 e. The second kappa shape index (κ2) is 4.96. The number of aromatic hydroxyl groups is 1. The van der Waals surface area contributed by atoms with Gasteiger partial charge in [-0.05, 0) is 30.7 Å². The molecular weight excluding hydrogens is 230 g/mol. The lowest BCUT2D eigenvalue weighted by Gasteiger charge is -2.16. The Bertz CT molecular complexity index is 546. The van der Waals surface area contributed by atoms with Crippen molar-refractivity contribution in [1.29, 1.82) is 0 Å². The van der Waals surface area contributed by atoms with E-state index in [9.17, 15) is 9.90 Å². The third-order valence-corrected chi connectivity index (χ3v) is 2.80. The lowest BCUT2D eigenvalue weighted by molar-refractivity contribution is 0.0784. The maximum Gasteiger partial charge on any atom is 0.254 e. The number of amides is 1. The van der Waals surface area contributed by atoms with Gasteiger partial charge < -0.3 is 14.4 Å². The van der Waals surface area contributed by atoms with Gasteiger partial charge in [0.15, 0.2) is 0 Å². The monoisotopic (exact) mass is 245 g/mol. The van der Waals surface area contributed by atoms with Crippen LogP contribution in [0.1, 0.15) is 21.5 Å². The summed E-state index contributed by atoms with van der Waals surface area (Å²) in [4.78, 5) is 13.7. The molecule has 18 heavy (non-hydrogen) atoms. The van der Waals surface area contributed by atoms with E-state index in [1.165, 1.54) is 6.07 Å². The lowest BCUT2D eigenvalue weighted by atomic mass is 10.1. The largest absolute Gasteiger partial charge is 0.508 e. The number of hydrogen-bond donors (Lipinski definition) is 1. The molecule has 0 aliphatic rings. The molecule has 4 nitrogen and oxygen atoms in total. The first-order valence-electron chi connectivity index (χ1n) is 5.64. The first-order chi connectivity index (χ1) is 8.58. The predicted molar refractivity (Wildman–Crippen MR) is 67.3 cm³/mol. The van der Waals surface area contributed by atoms with Crippen molar-refractivity contribution in [1.82, 2.24) is 4.90 Å². The Morgan fingerprint density at radius 3 is 2.78 bits per heavy atom. The van der Waals surface area contributed by atoms with Crippen LogP contribution in [0, 0.1) is 6.92 Å². The molecule has 0 aliphatic heterocycles. The molecule has 0 radical (unpaired) electrons. The van der Waals surface area contributed by atoms with Gasteiger partial charge in [0.05, 0.1) is 12.5 Å². The van der Waals surface area contributed by atoms with Crippen LogP contribution in [0.15, 0.2) is 41.2 Å². The van der Waals surface area contributed by atoms with Crippen LogP contribution >= 0.6 is 0 Å². The van der Waals surface area contributed by atoms with E-state index >= 15 is 0 Å². The van der Waals surface area contributed by atoms with Gasteiger partial charge in [0.2, 0.25) is 0 Å². The molecule has 0 bridgehead atoms. The summed E-state index contributed by atoms with van der Waals surface area (Å²) < 4.78 is 4.96. The third kappa shape index (κ3) is 2.53. The van der Waals surface area contributed by atoms with Gasteiger partial charge in [0, 0.05) is 24.7 Å². The van der Waals surface area contributed by atoms with Crippen LogP contribution in [0.2, 0.25) is 0 Å². The summed E-state index contributed by atoms with van der Waals surface area (Å²) in [6.07, 6.45) is 3.18. The van der Waals surface area contributed by atoms with E-state index in [0.717, 1.165) is 11.1 Å². The summed E-state index contributed by atoms with van der Waals surface area (Å²) in [5, 5.41) is 9.60. The SMILES string of the molecule is Cc1ccc(C(=O)N(C)Cc2ccoc2)cc1O. The van der Waals surface area contributed by atoms with Crippen molar-refractivity contribution in [3.05, 3.63) is 53.5 Å². The summed E-state index contributed by atoms with van der Waals surface area (Å²) >= 11 is 0. The molecule has 0 saturated carbocycles. The van der Waals surface area contributed by atoms with E-state index in [0.29, 0.717) is 12.1 Å². The topological polar surface area (TPSA) is 53.7 Å². The Hall–Kier alpha value is -2.23. The fraction of sp³-hybridized carbons (Fsp3) is 0.214. The van der Waals surface area contributed by atoms with Gasteiger partial charge in [-0.15, -0.1) is 0 Å². The minimum atomic E-state index is -0.133. The number of furan rings is 1. The van der Waals surface area contributed by atoms with E-state index in [-0.39, 0.29) is 11.7 Å². The van der Waals surface area contributed by atoms with Crippen LogP contribution in [-0.2, 0) is 6.54 Å². The highest BCUT2D eigenvalue weighted by Gasteiger charge is 2.13. The number of hydrogen-bond acceptors (Lipinski definition) is 3. The van der Waals surface area contributed by atoms with E-state index in [4.69, 9.17) is 4.42 Å². The van der Waals surface area contributed by atoms with E-state index in [1.807, 2.05) is 6.07 Å². The molecule has 0 aliphatic carbocycles. The summed E-state index contributed by atoms with van der Waals surface area (Å²) in [6, 6.07) is 6.75. The third-order valence-electron chi connectivity index (χ3n) is 2.80. The van der Waals surface area contributed by atoms with Crippen LogP contribution in [0.3, 0.4) is 0 Å². The molecule has 0 fully saturated rings. The van der Waals surface area contributed by atoms with Crippen LogP contribution in [0.5, 0.6) is 5.75 Å². The second-order valence-corrected chi connectivity index (χ2v) is 4.29. The molecule has 2 aromatic rings. The van der Waals surface area contributed by atoms with Crippen molar-refractivity contribution in [2.75, 3.05) is 7.05 Å². The van der Waals surface area contributed by atoms with Crippen molar-refractivity contribution < 1.29 is 14.3 Å². The molecule has 1 aromatic heterocycles. The number of benzene rings is 1. The van der Waals surface area contributed by atoms with Gasteiger partial charge in [-0.1, -0.05) is 6.07 Å². The van der Waals surface area contributed by atoms with Gasteiger partial charge in [0.1, 0.15) is 5.75 Å². The number of aryl methyl sites for hydroxylation is 1. The Kier molecular flexibility index (Phi) is 3.37. The maximum atomic E-state index is 12.1. The molecule has 1 amide bonds. The minimum absolute atomic E-state index is 0.133.